The normalized spacial score (nSPS) is 11.0. The summed E-state index contributed by atoms with van der Waals surface area (Å²) in [5, 5.41) is 0. The number of para-hydroxylation sites is 3. The summed E-state index contributed by atoms with van der Waals surface area (Å²) in [6, 6.07) is 13.1. The zero-order valence-electron chi connectivity index (χ0n) is 14.2. The van der Waals surface area contributed by atoms with E-state index in [2.05, 4.69) is 4.98 Å². The lowest BCUT2D eigenvalue weighted by Gasteiger charge is -2.14. The number of carbonyl (C=O) groups is 1. The number of benzene rings is 2. The van der Waals surface area contributed by atoms with Crippen LogP contribution in [0.25, 0.3) is 11.0 Å². The number of nitrogens with zero attached hydrogens (tertiary/aromatic N) is 2. The molecule has 1 aromatic heterocycles. The lowest BCUT2D eigenvalue weighted by molar-refractivity contribution is 0.102. The molecule has 0 fully saturated rings. The molecule has 0 N–H and O–H groups in total. The highest BCUT2D eigenvalue weighted by Gasteiger charge is 2.24. The van der Waals surface area contributed by atoms with Crippen molar-refractivity contribution in [2.24, 2.45) is 0 Å². The largest absolute Gasteiger partial charge is 0.493 e. The molecule has 24 heavy (non-hydrogen) atoms. The number of imidazole rings is 1. The van der Waals surface area contributed by atoms with Crippen LogP contribution in [0, 0.1) is 0 Å². The number of hydrogen-bond acceptors (Lipinski definition) is 4. The SMILES string of the molecule is COc1cccc(C(=O)c2nc3ccccc3n2C(C)C)c1OC. The molecule has 0 radical (unpaired) electrons. The van der Waals surface area contributed by atoms with Crippen LogP contribution >= 0.6 is 0 Å². The Morgan fingerprint density at radius 2 is 1.79 bits per heavy atom. The van der Waals surface area contributed by atoms with Crippen LogP contribution in [-0.4, -0.2) is 29.6 Å². The van der Waals surface area contributed by atoms with E-state index in [-0.39, 0.29) is 11.8 Å². The van der Waals surface area contributed by atoms with E-state index < -0.39 is 0 Å². The standard InChI is InChI=1S/C19H20N2O3/c1-12(2)21-15-10-6-5-9-14(15)20-19(21)17(22)13-8-7-11-16(23-3)18(13)24-4/h5-12H,1-4H3. The molecule has 3 rings (SSSR count). The number of hydrogen-bond donors (Lipinski definition) is 0. The average molecular weight is 324 g/mol. The van der Waals surface area contributed by atoms with Crippen LogP contribution in [-0.2, 0) is 0 Å². The minimum atomic E-state index is -0.185. The molecule has 5 nitrogen and oxygen atoms in total. The molecule has 0 aliphatic carbocycles. The third kappa shape index (κ3) is 2.52. The fourth-order valence-electron chi connectivity index (χ4n) is 2.91. The number of rotatable bonds is 5. The molecule has 0 saturated heterocycles. The van der Waals surface area contributed by atoms with Crippen molar-refractivity contribution in [2.45, 2.75) is 19.9 Å². The third-order valence-corrected chi connectivity index (χ3v) is 3.96. The number of methoxy groups -OCH3 is 2. The van der Waals surface area contributed by atoms with Gasteiger partial charge in [-0.25, -0.2) is 4.98 Å². The van der Waals surface area contributed by atoms with Gasteiger partial charge in [-0.2, -0.15) is 0 Å². The van der Waals surface area contributed by atoms with E-state index in [1.807, 2.05) is 42.7 Å². The Hall–Kier alpha value is -2.82. The van der Waals surface area contributed by atoms with Crippen LogP contribution in [0.1, 0.15) is 36.1 Å². The number of aromatic nitrogens is 2. The summed E-state index contributed by atoms with van der Waals surface area (Å²) in [4.78, 5) is 17.7. The first-order valence-corrected chi connectivity index (χ1v) is 7.81. The zero-order chi connectivity index (χ0) is 17.3. The zero-order valence-corrected chi connectivity index (χ0v) is 14.2. The molecule has 0 unspecified atom stereocenters. The molecule has 0 spiro atoms. The highest BCUT2D eigenvalue weighted by molar-refractivity contribution is 6.10. The molecule has 1 heterocycles. The molecular weight excluding hydrogens is 304 g/mol. The Bertz CT molecular complexity index is 897. The Morgan fingerprint density at radius 1 is 1.04 bits per heavy atom. The van der Waals surface area contributed by atoms with E-state index in [1.165, 1.54) is 7.11 Å². The fourth-order valence-corrected chi connectivity index (χ4v) is 2.91. The second-order valence-corrected chi connectivity index (χ2v) is 5.76. The maximum Gasteiger partial charge on any atom is 0.232 e. The minimum absolute atomic E-state index is 0.105. The van der Waals surface area contributed by atoms with Gasteiger partial charge < -0.3 is 14.0 Å². The Balaban J connectivity index is 2.22. The highest BCUT2D eigenvalue weighted by Crippen LogP contribution is 2.33. The van der Waals surface area contributed by atoms with E-state index in [9.17, 15) is 4.79 Å². The van der Waals surface area contributed by atoms with Gasteiger partial charge in [-0.1, -0.05) is 18.2 Å². The second-order valence-electron chi connectivity index (χ2n) is 5.76. The topological polar surface area (TPSA) is 53.3 Å². The highest BCUT2D eigenvalue weighted by atomic mass is 16.5. The van der Waals surface area contributed by atoms with Crippen molar-refractivity contribution in [1.29, 1.82) is 0 Å². The second kappa shape index (κ2) is 6.35. The molecule has 5 heteroatoms. The molecule has 0 aliphatic rings. The van der Waals surface area contributed by atoms with E-state index in [1.54, 1.807) is 25.3 Å². The van der Waals surface area contributed by atoms with Gasteiger partial charge in [-0.15, -0.1) is 0 Å². The van der Waals surface area contributed by atoms with Crippen LogP contribution in [0.15, 0.2) is 42.5 Å². The molecular formula is C19H20N2O3. The summed E-state index contributed by atoms with van der Waals surface area (Å²) in [6.45, 7) is 4.07. The minimum Gasteiger partial charge on any atom is -0.493 e. The summed E-state index contributed by atoms with van der Waals surface area (Å²) in [5.74, 6) is 1.16. The van der Waals surface area contributed by atoms with Crippen molar-refractivity contribution in [1.82, 2.24) is 9.55 Å². The number of ketones is 1. The first-order valence-electron chi connectivity index (χ1n) is 7.81. The molecule has 124 valence electrons. The van der Waals surface area contributed by atoms with E-state index in [4.69, 9.17) is 9.47 Å². The van der Waals surface area contributed by atoms with E-state index in [0.29, 0.717) is 22.9 Å². The smallest absolute Gasteiger partial charge is 0.232 e. The predicted octanol–water partition coefficient (Wildman–Crippen LogP) is 3.87. The van der Waals surface area contributed by atoms with Crippen LogP contribution in [0.2, 0.25) is 0 Å². The first kappa shape index (κ1) is 16.1. The molecule has 2 aromatic carbocycles. The molecule has 0 bridgehead atoms. The van der Waals surface area contributed by atoms with Gasteiger partial charge in [0, 0.05) is 6.04 Å². The fraction of sp³-hybridized carbons (Fsp3) is 0.263. The number of ether oxygens (including phenoxy) is 2. The lowest BCUT2D eigenvalue weighted by Crippen LogP contribution is -2.14. The first-order chi connectivity index (χ1) is 11.6. The maximum absolute atomic E-state index is 13.2. The van der Waals surface area contributed by atoms with E-state index in [0.717, 1.165) is 11.0 Å². The van der Waals surface area contributed by atoms with Crippen LogP contribution < -0.4 is 9.47 Å². The predicted molar refractivity (Wildman–Crippen MR) is 93.1 cm³/mol. The van der Waals surface area contributed by atoms with Crippen molar-refractivity contribution in [3.05, 3.63) is 53.9 Å². The van der Waals surface area contributed by atoms with Crippen molar-refractivity contribution in [2.75, 3.05) is 14.2 Å². The van der Waals surface area contributed by atoms with Gasteiger partial charge in [-0.05, 0) is 38.1 Å². The van der Waals surface area contributed by atoms with Gasteiger partial charge in [0.25, 0.3) is 0 Å². The summed E-state index contributed by atoms with van der Waals surface area (Å²) in [5.41, 5.74) is 2.18. The molecule has 0 aliphatic heterocycles. The van der Waals surface area contributed by atoms with Crippen molar-refractivity contribution in [3.63, 3.8) is 0 Å². The van der Waals surface area contributed by atoms with Gasteiger partial charge in [-0.3, -0.25) is 4.79 Å². The van der Waals surface area contributed by atoms with Gasteiger partial charge >= 0.3 is 0 Å². The molecule has 0 atom stereocenters. The average Bonchev–Trinajstić information content (AvgIpc) is 2.99. The summed E-state index contributed by atoms with van der Waals surface area (Å²) in [7, 11) is 3.08. The molecule has 3 aromatic rings. The van der Waals surface area contributed by atoms with Gasteiger partial charge in [0.2, 0.25) is 5.78 Å². The molecule has 0 saturated carbocycles. The molecule has 0 amide bonds. The van der Waals surface area contributed by atoms with E-state index >= 15 is 0 Å². The quantitative estimate of drug-likeness (QED) is 0.669. The summed E-state index contributed by atoms with van der Waals surface area (Å²) >= 11 is 0. The monoisotopic (exact) mass is 324 g/mol. The van der Waals surface area contributed by atoms with Gasteiger partial charge in [0.05, 0.1) is 30.8 Å². The lowest BCUT2D eigenvalue weighted by atomic mass is 10.1. The van der Waals surface area contributed by atoms with Crippen LogP contribution in [0.4, 0.5) is 0 Å². The van der Waals surface area contributed by atoms with Gasteiger partial charge in [0.1, 0.15) is 0 Å². The van der Waals surface area contributed by atoms with Gasteiger partial charge in [0.15, 0.2) is 17.3 Å². The Labute approximate surface area is 140 Å². The van der Waals surface area contributed by atoms with Crippen LogP contribution in [0.3, 0.4) is 0 Å². The summed E-state index contributed by atoms with van der Waals surface area (Å²) in [6.07, 6.45) is 0. The number of carbonyl (C=O) groups excluding carboxylic acids is 1. The number of fused-ring (bicyclic) bond motifs is 1. The third-order valence-electron chi connectivity index (χ3n) is 3.96. The van der Waals surface area contributed by atoms with Crippen molar-refractivity contribution < 1.29 is 14.3 Å². The maximum atomic E-state index is 13.2. The summed E-state index contributed by atoms with van der Waals surface area (Å²) < 4.78 is 12.7. The Kier molecular flexibility index (Phi) is 4.25. The van der Waals surface area contributed by atoms with Crippen LogP contribution in [0.5, 0.6) is 11.5 Å². The van der Waals surface area contributed by atoms with Crippen molar-refractivity contribution in [3.8, 4) is 11.5 Å². The van der Waals surface area contributed by atoms with Crippen molar-refractivity contribution >= 4 is 16.8 Å². The Morgan fingerprint density at radius 3 is 2.46 bits per heavy atom.